The Hall–Kier alpha value is -1.30. The zero-order valence-corrected chi connectivity index (χ0v) is 29.4. The smallest absolute Gasteiger partial charge is 0.118 e. The van der Waals surface area contributed by atoms with Gasteiger partial charge in [0.05, 0.1) is 6.73 Å². The van der Waals surface area contributed by atoms with E-state index < -0.39 is 0 Å². The Morgan fingerprint density at radius 2 is 0.932 bits per heavy atom. The molecule has 0 saturated carbocycles. The lowest BCUT2D eigenvalue weighted by Gasteiger charge is -2.20. The van der Waals surface area contributed by atoms with Crippen molar-refractivity contribution in [3.63, 3.8) is 0 Å². The number of rotatable bonds is 35. The molecular formula is C39H74N2O3. The van der Waals surface area contributed by atoms with E-state index in [1.54, 1.807) is 12.1 Å². The second-order valence-electron chi connectivity index (χ2n) is 13.1. The highest BCUT2D eigenvalue weighted by Crippen LogP contribution is 2.16. The maximum absolute atomic E-state index is 9.47. The van der Waals surface area contributed by atoms with Gasteiger partial charge in [0.25, 0.3) is 0 Å². The molecule has 3 N–H and O–H groups in total. The number of hydrogen-bond acceptors (Lipinski definition) is 5. The van der Waals surface area contributed by atoms with Gasteiger partial charge in [-0.25, -0.2) is 0 Å². The average molecular weight is 619 g/mol. The molecule has 0 aliphatic carbocycles. The van der Waals surface area contributed by atoms with Crippen LogP contribution in [-0.4, -0.2) is 31.4 Å². The molecule has 0 saturated heterocycles. The van der Waals surface area contributed by atoms with Crippen molar-refractivity contribution in [2.24, 2.45) is 0 Å². The first kappa shape index (κ1) is 40.7. The first-order valence-corrected chi connectivity index (χ1v) is 19.2. The highest BCUT2D eigenvalue weighted by molar-refractivity contribution is 5.45. The average Bonchev–Trinajstić information content (AvgIpc) is 3.03. The van der Waals surface area contributed by atoms with Crippen molar-refractivity contribution in [1.82, 2.24) is 5.32 Å². The molecule has 0 heterocycles. The van der Waals surface area contributed by atoms with Crippen molar-refractivity contribution in [3.8, 4) is 5.75 Å². The molecule has 0 spiro atoms. The SMILES string of the molecule is CCCCCCCCCCCCCCCCCCCCCOCNC(CCCCCCCCC)OCNc1ccc(O)cc1. The maximum atomic E-state index is 9.47. The van der Waals surface area contributed by atoms with Gasteiger partial charge in [-0.3, -0.25) is 5.32 Å². The highest BCUT2D eigenvalue weighted by atomic mass is 16.5. The fourth-order valence-electron chi connectivity index (χ4n) is 5.84. The van der Waals surface area contributed by atoms with E-state index in [0.717, 1.165) is 25.1 Å². The van der Waals surface area contributed by atoms with E-state index in [2.05, 4.69) is 24.5 Å². The Morgan fingerprint density at radius 3 is 1.39 bits per heavy atom. The first-order valence-electron chi connectivity index (χ1n) is 19.2. The number of ether oxygens (including phenoxy) is 2. The number of phenolic OH excluding ortho intramolecular Hbond substituents is 1. The topological polar surface area (TPSA) is 62.8 Å². The summed E-state index contributed by atoms with van der Waals surface area (Å²) in [5, 5.41) is 16.2. The Labute approximate surface area is 274 Å². The quantitative estimate of drug-likeness (QED) is 0.0401. The van der Waals surface area contributed by atoms with Crippen molar-refractivity contribution in [1.29, 1.82) is 0 Å². The third-order valence-corrected chi connectivity index (χ3v) is 8.80. The molecule has 0 bridgehead atoms. The molecule has 258 valence electrons. The second-order valence-corrected chi connectivity index (χ2v) is 13.1. The standard InChI is InChI=1S/C39H74N2O3/c1-3-5-7-9-11-12-13-14-15-16-17-18-19-20-21-22-24-26-28-34-43-35-41-39(29-27-25-23-10-8-6-4-2)44-36-40-37-30-32-38(42)33-31-37/h30-33,39-42H,3-29,34-36H2,1-2H3. The summed E-state index contributed by atoms with van der Waals surface area (Å²) < 4.78 is 12.0. The van der Waals surface area contributed by atoms with Crippen molar-refractivity contribution in [3.05, 3.63) is 24.3 Å². The van der Waals surface area contributed by atoms with Gasteiger partial charge in [0, 0.05) is 12.3 Å². The number of hydrogen-bond donors (Lipinski definition) is 3. The Bertz CT molecular complexity index is 684. The van der Waals surface area contributed by atoms with E-state index in [9.17, 15) is 5.11 Å². The largest absolute Gasteiger partial charge is 0.508 e. The van der Waals surface area contributed by atoms with E-state index in [0.29, 0.717) is 13.5 Å². The Kier molecular flexibility index (Phi) is 30.6. The van der Waals surface area contributed by atoms with Crippen LogP contribution in [0.1, 0.15) is 187 Å². The summed E-state index contributed by atoms with van der Waals surface area (Å²) in [6.07, 6.45) is 36.8. The van der Waals surface area contributed by atoms with Crippen LogP contribution in [0, 0.1) is 0 Å². The summed E-state index contributed by atoms with van der Waals surface area (Å²) in [6, 6.07) is 7.09. The van der Waals surface area contributed by atoms with Gasteiger partial charge >= 0.3 is 0 Å². The fraction of sp³-hybridized carbons (Fsp3) is 0.846. The predicted octanol–water partition coefficient (Wildman–Crippen LogP) is 12.2. The van der Waals surface area contributed by atoms with Crippen LogP contribution in [-0.2, 0) is 9.47 Å². The van der Waals surface area contributed by atoms with Gasteiger partial charge in [-0.05, 0) is 43.5 Å². The summed E-state index contributed by atoms with van der Waals surface area (Å²) in [4.78, 5) is 0. The van der Waals surface area contributed by atoms with E-state index in [1.165, 1.54) is 161 Å². The first-order chi connectivity index (χ1) is 21.8. The van der Waals surface area contributed by atoms with Crippen molar-refractivity contribution >= 4 is 5.69 Å². The van der Waals surface area contributed by atoms with Crippen molar-refractivity contribution in [2.75, 3.05) is 25.4 Å². The summed E-state index contributed by atoms with van der Waals surface area (Å²) in [6.45, 7) is 6.36. The van der Waals surface area contributed by atoms with Gasteiger partial charge in [-0.2, -0.15) is 0 Å². The van der Waals surface area contributed by atoms with Crippen LogP contribution < -0.4 is 10.6 Å². The van der Waals surface area contributed by atoms with E-state index >= 15 is 0 Å². The van der Waals surface area contributed by atoms with Gasteiger partial charge < -0.3 is 19.9 Å². The molecule has 0 aliphatic heterocycles. The minimum Gasteiger partial charge on any atom is -0.508 e. The molecule has 44 heavy (non-hydrogen) atoms. The number of aromatic hydroxyl groups is 1. The second kappa shape index (κ2) is 33.1. The molecule has 0 amide bonds. The van der Waals surface area contributed by atoms with Crippen LogP contribution in [0.15, 0.2) is 24.3 Å². The molecule has 0 fully saturated rings. The third-order valence-electron chi connectivity index (χ3n) is 8.80. The summed E-state index contributed by atoms with van der Waals surface area (Å²) in [5.41, 5.74) is 0.943. The number of benzene rings is 1. The Balaban J connectivity index is 1.95. The van der Waals surface area contributed by atoms with Crippen molar-refractivity contribution < 1.29 is 14.6 Å². The van der Waals surface area contributed by atoms with Crippen LogP contribution in [0.3, 0.4) is 0 Å². The van der Waals surface area contributed by atoms with Crippen LogP contribution >= 0.6 is 0 Å². The lowest BCUT2D eigenvalue weighted by molar-refractivity contribution is -0.00197. The molecular weight excluding hydrogens is 544 g/mol. The summed E-state index contributed by atoms with van der Waals surface area (Å²) in [7, 11) is 0. The van der Waals surface area contributed by atoms with Gasteiger partial charge in [-0.15, -0.1) is 0 Å². The molecule has 0 aliphatic rings. The van der Waals surface area contributed by atoms with Crippen LogP contribution in [0.4, 0.5) is 5.69 Å². The third kappa shape index (κ3) is 28.2. The zero-order chi connectivity index (χ0) is 31.6. The Morgan fingerprint density at radius 1 is 0.523 bits per heavy atom. The van der Waals surface area contributed by atoms with Crippen LogP contribution in [0.25, 0.3) is 0 Å². The number of phenols is 1. The van der Waals surface area contributed by atoms with E-state index in [4.69, 9.17) is 9.47 Å². The fourth-order valence-corrected chi connectivity index (χ4v) is 5.84. The summed E-state index contributed by atoms with van der Waals surface area (Å²) in [5.74, 6) is 0.275. The lowest BCUT2D eigenvalue weighted by atomic mass is 10.0. The maximum Gasteiger partial charge on any atom is 0.118 e. The highest BCUT2D eigenvalue weighted by Gasteiger charge is 2.08. The molecule has 0 radical (unpaired) electrons. The monoisotopic (exact) mass is 619 g/mol. The van der Waals surface area contributed by atoms with E-state index in [-0.39, 0.29) is 12.0 Å². The molecule has 1 unspecified atom stereocenters. The molecule has 1 aromatic rings. The van der Waals surface area contributed by atoms with Gasteiger partial charge in [0.1, 0.15) is 18.7 Å². The molecule has 1 atom stereocenters. The van der Waals surface area contributed by atoms with Crippen molar-refractivity contribution in [2.45, 2.75) is 193 Å². The van der Waals surface area contributed by atoms with Crippen LogP contribution in [0.2, 0.25) is 0 Å². The summed E-state index contributed by atoms with van der Waals surface area (Å²) >= 11 is 0. The minimum absolute atomic E-state index is 0.0136. The number of anilines is 1. The van der Waals surface area contributed by atoms with E-state index in [1.807, 2.05) is 12.1 Å². The predicted molar refractivity (Wildman–Crippen MR) is 191 cm³/mol. The number of nitrogens with one attached hydrogen (secondary N) is 2. The molecule has 0 aromatic heterocycles. The zero-order valence-electron chi connectivity index (χ0n) is 29.4. The molecule has 1 rings (SSSR count). The van der Waals surface area contributed by atoms with Gasteiger partial charge in [0.15, 0.2) is 0 Å². The molecule has 1 aromatic carbocycles. The van der Waals surface area contributed by atoms with Gasteiger partial charge in [0.2, 0.25) is 0 Å². The molecule has 5 nitrogen and oxygen atoms in total. The normalized spacial score (nSPS) is 12.1. The van der Waals surface area contributed by atoms with Crippen LogP contribution in [0.5, 0.6) is 5.75 Å². The number of unbranched alkanes of at least 4 members (excludes halogenated alkanes) is 24. The molecule has 5 heteroatoms. The lowest BCUT2D eigenvalue weighted by Crippen LogP contribution is -2.35. The minimum atomic E-state index is -0.0136. The van der Waals surface area contributed by atoms with Gasteiger partial charge in [-0.1, -0.05) is 168 Å².